The van der Waals surface area contributed by atoms with Crippen molar-refractivity contribution in [1.29, 1.82) is 0 Å². The summed E-state index contributed by atoms with van der Waals surface area (Å²) in [6, 6.07) is 77.4. The second kappa shape index (κ2) is 14.5. The highest BCUT2D eigenvalue weighted by molar-refractivity contribution is 7.26. The van der Waals surface area contributed by atoms with Crippen LogP contribution in [0, 0.1) is 0 Å². The molecule has 9 aromatic carbocycles. The second-order valence-corrected chi connectivity index (χ2v) is 17.1. The van der Waals surface area contributed by atoms with Gasteiger partial charge in [0.05, 0.1) is 21.5 Å². The molecule has 0 fully saturated rings. The Kier molecular flexibility index (Phi) is 8.45. The normalized spacial score (nSPS) is 13.1. The maximum atomic E-state index is 6.79. The zero-order valence-electron chi connectivity index (χ0n) is 33.8. The molecule has 1 aliphatic rings. The molecule has 2 heterocycles. The van der Waals surface area contributed by atoms with Gasteiger partial charge in [-0.15, -0.1) is 11.3 Å². The van der Waals surface area contributed by atoms with E-state index in [1.807, 2.05) is 17.4 Å². The van der Waals surface area contributed by atoms with E-state index in [1.165, 1.54) is 58.9 Å². The number of furan rings is 1. The quantitative estimate of drug-likeness (QED) is 0.142. The molecule has 0 bridgehead atoms. The summed E-state index contributed by atoms with van der Waals surface area (Å²) in [5.74, 6) is 0.791. The van der Waals surface area contributed by atoms with Crippen molar-refractivity contribution in [2.45, 2.75) is 5.41 Å². The largest absolute Gasteiger partial charge is 0.456 e. The molecule has 2 nitrogen and oxygen atoms in total. The average Bonchev–Trinajstić information content (AvgIpc) is 4.01. The van der Waals surface area contributed by atoms with Gasteiger partial charge < -0.3 is 9.32 Å². The van der Waals surface area contributed by atoms with E-state index < -0.39 is 5.41 Å². The Morgan fingerprint density at radius 1 is 0.516 bits per heavy atom. The van der Waals surface area contributed by atoms with Crippen LogP contribution in [-0.4, -0.2) is 0 Å². The summed E-state index contributed by atoms with van der Waals surface area (Å²) in [4.78, 5) is 2.48. The number of hydrogen-bond acceptors (Lipinski definition) is 3. The molecular weight excluding hydrogens is 771 g/mol. The second-order valence-electron chi connectivity index (χ2n) is 16.0. The molecular formula is C59H39NOS. The van der Waals surface area contributed by atoms with Gasteiger partial charge in [0.2, 0.25) is 0 Å². The van der Waals surface area contributed by atoms with Crippen LogP contribution in [0.3, 0.4) is 0 Å². The fourth-order valence-electron chi connectivity index (χ4n) is 10.1. The molecule has 11 aromatic rings. The van der Waals surface area contributed by atoms with Crippen LogP contribution in [0.15, 0.2) is 235 Å². The fraction of sp³-hybridized carbons (Fsp3) is 0.0169. The van der Waals surface area contributed by atoms with Crippen molar-refractivity contribution >= 4 is 75.9 Å². The van der Waals surface area contributed by atoms with Crippen LogP contribution in [0.5, 0.6) is 0 Å². The highest BCUT2D eigenvalue weighted by Crippen LogP contribution is 2.58. The van der Waals surface area contributed by atoms with Crippen LogP contribution >= 0.6 is 11.3 Å². The number of fused-ring (bicyclic) bond motifs is 8. The molecule has 12 rings (SSSR count). The number of rotatable bonds is 8. The third kappa shape index (κ3) is 5.49. The predicted octanol–water partition coefficient (Wildman–Crippen LogP) is 16.4. The van der Waals surface area contributed by atoms with E-state index in [-0.39, 0.29) is 0 Å². The molecule has 0 saturated heterocycles. The van der Waals surface area contributed by atoms with Crippen molar-refractivity contribution in [3.63, 3.8) is 0 Å². The number of anilines is 3. The van der Waals surface area contributed by atoms with E-state index >= 15 is 0 Å². The number of allylic oxidation sites excluding steroid dienone is 2. The molecule has 0 unspecified atom stereocenters. The number of benzene rings is 9. The summed E-state index contributed by atoms with van der Waals surface area (Å²) in [6.45, 7) is 4.21. The van der Waals surface area contributed by atoms with Gasteiger partial charge in [-0.2, -0.15) is 0 Å². The highest BCUT2D eigenvalue weighted by atomic mass is 32.1. The Bertz CT molecular complexity index is 3460. The average molecular weight is 810 g/mol. The highest BCUT2D eigenvalue weighted by Gasteiger charge is 2.46. The Hall–Kier alpha value is -7.72. The van der Waals surface area contributed by atoms with Gasteiger partial charge in [-0.3, -0.25) is 0 Å². The van der Waals surface area contributed by atoms with E-state index in [9.17, 15) is 0 Å². The number of thiophene rings is 1. The summed E-state index contributed by atoms with van der Waals surface area (Å²) < 4.78 is 9.29. The molecule has 0 spiro atoms. The molecule has 62 heavy (non-hydrogen) atoms. The van der Waals surface area contributed by atoms with Crippen molar-refractivity contribution in [2.24, 2.45) is 0 Å². The van der Waals surface area contributed by atoms with E-state index in [0.717, 1.165) is 50.3 Å². The molecule has 0 aliphatic heterocycles. The van der Waals surface area contributed by atoms with Crippen LogP contribution in [0.4, 0.5) is 17.1 Å². The van der Waals surface area contributed by atoms with Crippen LogP contribution in [0.25, 0.3) is 58.6 Å². The molecule has 0 radical (unpaired) electrons. The van der Waals surface area contributed by atoms with Crippen molar-refractivity contribution in [3.8, 4) is 11.1 Å². The SMILES string of the molecule is C=C/C=C(\c1cc2cc3ccccc3cc2o1)c1ccccc1N(c1ccc2c(c1)C(c1ccccc1)(c1ccccc1)c1ccccc1-2)c1cccc2c1sc1ccccc12. The van der Waals surface area contributed by atoms with Crippen molar-refractivity contribution in [2.75, 3.05) is 4.90 Å². The first-order chi connectivity index (χ1) is 30.7. The minimum atomic E-state index is -0.551. The zero-order chi connectivity index (χ0) is 41.2. The predicted molar refractivity (Wildman–Crippen MR) is 262 cm³/mol. The van der Waals surface area contributed by atoms with Crippen LogP contribution in [-0.2, 0) is 5.41 Å². The van der Waals surface area contributed by atoms with Gasteiger partial charge in [-0.05, 0) is 92.7 Å². The molecule has 0 atom stereocenters. The molecule has 0 saturated carbocycles. The lowest BCUT2D eigenvalue weighted by Gasteiger charge is -2.35. The molecule has 0 N–H and O–H groups in total. The third-order valence-corrected chi connectivity index (χ3v) is 13.9. The minimum absolute atomic E-state index is 0.551. The monoisotopic (exact) mass is 809 g/mol. The summed E-state index contributed by atoms with van der Waals surface area (Å²) in [7, 11) is 0. The number of nitrogens with zero attached hydrogens (tertiary/aromatic N) is 1. The molecule has 3 heteroatoms. The van der Waals surface area contributed by atoms with Gasteiger partial charge in [0.25, 0.3) is 0 Å². The van der Waals surface area contributed by atoms with Crippen molar-refractivity contribution < 1.29 is 4.42 Å². The third-order valence-electron chi connectivity index (χ3n) is 12.7. The Balaban J connectivity index is 1.14. The summed E-state index contributed by atoms with van der Waals surface area (Å²) in [6.07, 6.45) is 3.96. The van der Waals surface area contributed by atoms with Crippen molar-refractivity contribution in [1.82, 2.24) is 0 Å². The van der Waals surface area contributed by atoms with Gasteiger partial charge in [0.1, 0.15) is 11.3 Å². The summed E-state index contributed by atoms with van der Waals surface area (Å²) >= 11 is 1.85. The maximum absolute atomic E-state index is 6.79. The summed E-state index contributed by atoms with van der Waals surface area (Å²) in [5.41, 5.74) is 13.0. The van der Waals surface area contributed by atoms with E-state index in [0.29, 0.717) is 0 Å². The van der Waals surface area contributed by atoms with Gasteiger partial charge >= 0.3 is 0 Å². The minimum Gasteiger partial charge on any atom is -0.456 e. The molecule has 292 valence electrons. The Morgan fingerprint density at radius 2 is 1.16 bits per heavy atom. The van der Waals surface area contributed by atoms with Crippen LogP contribution < -0.4 is 4.90 Å². The number of hydrogen-bond donors (Lipinski definition) is 0. The zero-order valence-corrected chi connectivity index (χ0v) is 34.6. The smallest absolute Gasteiger partial charge is 0.136 e. The van der Waals surface area contributed by atoms with Gasteiger partial charge in [0.15, 0.2) is 0 Å². The molecule has 0 amide bonds. The maximum Gasteiger partial charge on any atom is 0.136 e. The molecule has 1 aliphatic carbocycles. The van der Waals surface area contributed by atoms with Crippen LogP contribution in [0.1, 0.15) is 33.6 Å². The fourth-order valence-corrected chi connectivity index (χ4v) is 11.3. The first-order valence-electron chi connectivity index (χ1n) is 21.1. The standard InChI is InChI=1S/C59H39NOS/c1-2-18-48(56-37-41-35-39-19-9-10-20-40(39)36-55(41)61-56)47-26-12-15-30-53(47)60(54-31-17-28-50-49-27-13-16-32-57(49)62-58(50)54)44-33-34-46-45-25-11-14-29-51(45)59(52(46)38-44,42-21-5-3-6-22-42)43-23-7-4-8-24-43/h2-38H,1H2/b48-18-. The lowest BCUT2D eigenvalue weighted by molar-refractivity contribution is 0.601. The molecule has 2 aromatic heterocycles. The van der Waals surface area contributed by atoms with E-state index in [2.05, 4.69) is 230 Å². The van der Waals surface area contributed by atoms with E-state index in [4.69, 9.17) is 4.42 Å². The lowest BCUT2D eigenvalue weighted by atomic mass is 9.67. The van der Waals surface area contributed by atoms with Crippen molar-refractivity contribution in [3.05, 3.63) is 265 Å². The Labute approximate surface area is 364 Å². The number of para-hydroxylation sites is 1. The Morgan fingerprint density at radius 3 is 1.97 bits per heavy atom. The first kappa shape index (κ1) is 36.2. The lowest BCUT2D eigenvalue weighted by Crippen LogP contribution is -2.28. The van der Waals surface area contributed by atoms with Gasteiger partial charge in [-0.1, -0.05) is 183 Å². The summed E-state index contributed by atoms with van der Waals surface area (Å²) in [5, 5.41) is 5.91. The van der Waals surface area contributed by atoms with Gasteiger partial charge in [0, 0.05) is 37.7 Å². The van der Waals surface area contributed by atoms with Gasteiger partial charge in [-0.25, -0.2) is 0 Å². The van der Waals surface area contributed by atoms with Crippen LogP contribution in [0.2, 0.25) is 0 Å². The van der Waals surface area contributed by atoms with E-state index in [1.54, 1.807) is 0 Å². The topological polar surface area (TPSA) is 16.4 Å². The first-order valence-corrected chi connectivity index (χ1v) is 21.9.